The number of hydrogen-bond donors (Lipinski definition) is 0. The maximum absolute atomic E-state index is 13.9. The Balaban J connectivity index is 1.45. The monoisotopic (exact) mass is 502 g/mol. The molecule has 0 radical (unpaired) electrons. The number of pyridine rings is 1. The van der Waals surface area contributed by atoms with Crippen LogP contribution in [0.15, 0.2) is 63.9 Å². The third kappa shape index (κ3) is 4.91. The number of rotatable bonds is 4. The summed E-state index contributed by atoms with van der Waals surface area (Å²) in [5, 5.41) is 0.756. The third-order valence-corrected chi connectivity index (χ3v) is 6.30. The van der Waals surface area contributed by atoms with Crippen molar-refractivity contribution < 1.29 is 23.1 Å². The normalized spacial score (nSPS) is 13.1. The van der Waals surface area contributed by atoms with Gasteiger partial charge in [0.05, 0.1) is 5.69 Å². The van der Waals surface area contributed by atoms with Crippen molar-refractivity contribution in [2.24, 2.45) is 0 Å². The lowest BCUT2D eigenvalue weighted by Crippen LogP contribution is -2.35. The van der Waals surface area contributed by atoms with Gasteiger partial charge in [-0.15, -0.1) is 0 Å². The molecule has 0 N–H and O–H groups in total. The average molecular weight is 503 g/mol. The van der Waals surface area contributed by atoms with Gasteiger partial charge in [-0.1, -0.05) is 12.1 Å². The molecular formula is C29H27FN2O5. The first-order valence-corrected chi connectivity index (χ1v) is 12.1. The molecule has 0 saturated heterocycles. The minimum Gasteiger partial charge on any atom is -0.443 e. The van der Waals surface area contributed by atoms with Crippen molar-refractivity contribution in [3.63, 3.8) is 0 Å². The van der Waals surface area contributed by atoms with Gasteiger partial charge < -0.3 is 13.9 Å². The second kappa shape index (κ2) is 9.35. The van der Waals surface area contributed by atoms with Crippen LogP contribution < -0.4 is 15.3 Å². The van der Waals surface area contributed by atoms with E-state index < -0.39 is 17.0 Å². The third-order valence-electron chi connectivity index (χ3n) is 6.30. The molecule has 7 nitrogen and oxygen atoms in total. The summed E-state index contributed by atoms with van der Waals surface area (Å²) in [7, 11) is 0. The van der Waals surface area contributed by atoms with E-state index in [1.165, 1.54) is 18.3 Å². The molecule has 3 heterocycles. The largest absolute Gasteiger partial charge is 0.443 e. The zero-order valence-corrected chi connectivity index (χ0v) is 21.1. The molecule has 0 fully saturated rings. The number of amides is 1. The fourth-order valence-electron chi connectivity index (χ4n) is 4.57. The van der Waals surface area contributed by atoms with Gasteiger partial charge in [-0.3, -0.25) is 4.90 Å². The van der Waals surface area contributed by atoms with Crippen LogP contribution in [0.1, 0.15) is 43.0 Å². The molecule has 2 aromatic carbocycles. The Bertz CT molecular complexity index is 1570. The van der Waals surface area contributed by atoms with Gasteiger partial charge in [-0.05, 0) is 81.1 Å². The molecule has 1 amide bonds. The van der Waals surface area contributed by atoms with Gasteiger partial charge >= 0.3 is 11.7 Å². The second-order valence-electron chi connectivity index (χ2n) is 10.0. The molecule has 37 heavy (non-hydrogen) atoms. The average Bonchev–Trinajstić information content (AvgIpc) is 3.27. The molecule has 0 aliphatic carbocycles. The molecule has 190 valence electrons. The van der Waals surface area contributed by atoms with Crippen LogP contribution >= 0.6 is 0 Å². The number of fused-ring (bicyclic) bond motifs is 2. The predicted molar refractivity (Wildman–Crippen MR) is 138 cm³/mol. The Kier molecular flexibility index (Phi) is 6.19. The maximum atomic E-state index is 13.9. The lowest BCUT2D eigenvalue weighted by atomic mass is 9.95. The van der Waals surface area contributed by atoms with Gasteiger partial charge in [0.1, 0.15) is 16.9 Å². The highest BCUT2D eigenvalue weighted by Gasteiger charge is 2.30. The topological polar surface area (TPSA) is 81.9 Å². The van der Waals surface area contributed by atoms with Crippen LogP contribution in [0.25, 0.3) is 11.0 Å². The molecule has 0 atom stereocenters. The molecule has 0 unspecified atom stereocenters. The molecule has 0 spiro atoms. The molecule has 5 rings (SSSR count). The summed E-state index contributed by atoms with van der Waals surface area (Å²) in [6, 6.07) is 13.5. The maximum Gasteiger partial charge on any atom is 0.414 e. The summed E-state index contributed by atoms with van der Waals surface area (Å²) >= 11 is 0. The van der Waals surface area contributed by atoms with Crippen molar-refractivity contribution in [2.45, 2.75) is 46.1 Å². The first-order chi connectivity index (χ1) is 17.6. The zero-order chi connectivity index (χ0) is 26.3. The van der Waals surface area contributed by atoms with Crippen LogP contribution in [0.4, 0.5) is 14.9 Å². The fourth-order valence-corrected chi connectivity index (χ4v) is 4.57. The summed E-state index contributed by atoms with van der Waals surface area (Å²) in [4.78, 5) is 31.3. The number of aryl methyl sites for hydroxylation is 1. The van der Waals surface area contributed by atoms with Crippen molar-refractivity contribution in [2.75, 3.05) is 11.4 Å². The van der Waals surface area contributed by atoms with Crippen LogP contribution in [0.5, 0.6) is 11.6 Å². The van der Waals surface area contributed by atoms with E-state index in [0.29, 0.717) is 36.3 Å². The molecule has 2 aromatic heterocycles. The molecule has 1 aliphatic heterocycles. The van der Waals surface area contributed by atoms with Gasteiger partial charge in [-0.2, -0.15) is 0 Å². The first kappa shape index (κ1) is 24.5. The number of carbonyl (C=O) groups excluding carboxylic acids is 1. The van der Waals surface area contributed by atoms with Crippen LogP contribution in [-0.4, -0.2) is 23.2 Å². The van der Waals surface area contributed by atoms with Gasteiger partial charge in [0.2, 0.25) is 0 Å². The number of carbonyl (C=O) groups is 1. The quantitative estimate of drug-likeness (QED) is 0.304. The fraction of sp³-hybridized carbons (Fsp3) is 0.276. The van der Waals surface area contributed by atoms with Crippen LogP contribution in [-0.2, 0) is 17.6 Å². The van der Waals surface area contributed by atoms with Gasteiger partial charge in [0.25, 0.3) is 5.88 Å². The van der Waals surface area contributed by atoms with Crippen LogP contribution in [0.3, 0.4) is 0 Å². The molecule has 0 saturated carbocycles. The number of ether oxygens (including phenoxy) is 2. The lowest BCUT2D eigenvalue weighted by molar-refractivity contribution is 0.0584. The number of aromatic nitrogens is 1. The summed E-state index contributed by atoms with van der Waals surface area (Å²) in [5.41, 5.74) is 3.42. The molecule has 1 aliphatic rings. The standard InChI is InChI=1S/C29H27FN2O5/c1-17-20-11-10-19(35-26-23(30)8-6-13-31-26)16-25(20)36-27(33)22(17)15-18-7-5-9-24-21(18)12-14-32(24)28(34)37-29(2,3)4/h5-11,13,16H,12,14-15H2,1-4H3. The number of anilines is 1. The van der Waals surface area contributed by atoms with Crippen LogP contribution in [0, 0.1) is 12.7 Å². The molecule has 4 aromatic rings. The summed E-state index contributed by atoms with van der Waals surface area (Å²) < 4.78 is 30.7. The van der Waals surface area contributed by atoms with Crippen molar-refractivity contribution in [3.8, 4) is 11.6 Å². The Hall–Kier alpha value is -4.20. The van der Waals surface area contributed by atoms with Gasteiger partial charge in [0.15, 0.2) is 5.82 Å². The van der Waals surface area contributed by atoms with E-state index in [9.17, 15) is 14.0 Å². The zero-order valence-electron chi connectivity index (χ0n) is 21.1. The number of hydrogen-bond acceptors (Lipinski definition) is 6. The number of nitrogens with zero attached hydrogens (tertiary/aromatic N) is 2. The minimum atomic E-state index is -0.588. The second-order valence-corrected chi connectivity index (χ2v) is 10.0. The van der Waals surface area contributed by atoms with Crippen LogP contribution in [0.2, 0.25) is 0 Å². The number of halogens is 1. The van der Waals surface area contributed by atoms with E-state index in [1.807, 2.05) is 45.9 Å². The highest BCUT2D eigenvalue weighted by Crippen LogP contribution is 2.34. The van der Waals surface area contributed by atoms with Gasteiger partial charge in [-0.25, -0.2) is 19.0 Å². The van der Waals surface area contributed by atoms with E-state index in [4.69, 9.17) is 13.9 Å². The molecule has 8 heteroatoms. The van der Waals surface area contributed by atoms with E-state index in [-0.39, 0.29) is 12.0 Å². The molecule has 0 bridgehead atoms. The van der Waals surface area contributed by atoms with Gasteiger partial charge in [0, 0.05) is 36.2 Å². The van der Waals surface area contributed by atoms with E-state index in [1.54, 1.807) is 23.1 Å². The van der Waals surface area contributed by atoms with Crippen molar-refractivity contribution in [1.29, 1.82) is 0 Å². The molecular weight excluding hydrogens is 475 g/mol. The Labute approximate surface area is 213 Å². The SMILES string of the molecule is Cc1c(Cc2cccc3c2CCN3C(=O)OC(C)(C)C)c(=O)oc2cc(Oc3ncccc3F)ccc12. The van der Waals surface area contributed by atoms with Crippen molar-refractivity contribution >= 4 is 22.7 Å². The van der Waals surface area contributed by atoms with Crippen molar-refractivity contribution in [3.05, 3.63) is 93.2 Å². The summed E-state index contributed by atoms with van der Waals surface area (Å²) in [6.07, 6.45) is 2.09. The van der Waals surface area contributed by atoms with E-state index in [0.717, 1.165) is 27.8 Å². The number of benzene rings is 2. The Morgan fingerprint density at radius 3 is 2.73 bits per heavy atom. The highest BCUT2D eigenvalue weighted by molar-refractivity contribution is 5.91. The van der Waals surface area contributed by atoms with Crippen molar-refractivity contribution in [1.82, 2.24) is 4.98 Å². The lowest BCUT2D eigenvalue weighted by Gasteiger charge is -2.25. The Morgan fingerprint density at radius 2 is 1.97 bits per heavy atom. The smallest absolute Gasteiger partial charge is 0.414 e. The highest BCUT2D eigenvalue weighted by atomic mass is 19.1. The summed E-state index contributed by atoms with van der Waals surface area (Å²) in [6.45, 7) is 7.92. The first-order valence-electron chi connectivity index (χ1n) is 12.1. The predicted octanol–water partition coefficient (Wildman–Crippen LogP) is 6.32. The Morgan fingerprint density at radius 1 is 1.16 bits per heavy atom. The minimum absolute atomic E-state index is 0.157. The van der Waals surface area contributed by atoms with E-state index >= 15 is 0 Å². The van der Waals surface area contributed by atoms with E-state index in [2.05, 4.69) is 4.98 Å². The summed E-state index contributed by atoms with van der Waals surface area (Å²) in [5.74, 6) is -0.435.